The van der Waals surface area contributed by atoms with Crippen LogP contribution in [0.15, 0.2) is 18.2 Å². The molecule has 0 bridgehead atoms. The molecule has 1 aromatic rings. The first-order valence-electron chi connectivity index (χ1n) is 6.40. The SMILES string of the molecule is CC(C)(C)[Si](C)(C)O[C@H](N)Cc1ccc(F)c(Cl)c1. The van der Waals surface area contributed by atoms with Crippen LogP contribution in [0.4, 0.5) is 4.39 Å². The molecule has 0 aliphatic heterocycles. The molecule has 0 saturated carbocycles. The molecule has 19 heavy (non-hydrogen) atoms. The highest BCUT2D eigenvalue weighted by Gasteiger charge is 2.38. The number of hydrogen-bond donors (Lipinski definition) is 1. The number of benzene rings is 1. The monoisotopic (exact) mass is 303 g/mol. The highest BCUT2D eigenvalue weighted by atomic mass is 35.5. The van der Waals surface area contributed by atoms with Crippen LogP contribution < -0.4 is 5.73 Å². The van der Waals surface area contributed by atoms with Crippen LogP contribution in [0.5, 0.6) is 0 Å². The molecule has 0 unspecified atom stereocenters. The van der Waals surface area contributed by atoms with Crippen LogP contribution in [0.3, 0.4) is 0 Å². The molecular formula is C14H23ClFNOSi. The molecule has 2 N–H and O–H groups in total. The largest absolute Gasteiger partial charge is 0.402 e. The molecule has 1 atom stereocenters. The Morgan fingerprint density at radius 2 is 1.95 bits per heavy atom. The summed E-state index contributed by atoms with van der Waals surface area (Å²) in [5.74, 6) is -0.413. The summed E-state index contributed by atoms with van der Waals surface area (Å²) in [6, 6.07) is 4.65. The van der Waals surface area contributed by atoms with Gasteiger partial charge in [-0.2, -0.15) is 0 Å². The highest BCUT2D eigenvalue weighted by molar-refractivity contribution is 6.74. The molecule has 108 valence electrons. The molecule has 0 heterocycles. The standard InChI is InChI=1S/C14H23ClFNOSi/c1-14(2,3)19(4,5)18-13(17)9-10-6-7-12(16)11(15)8-10/h6-8,13H,9,17H2,1-5H3/t13-/m0/s1. The van der Waals surface area contributed by atoms with Gasteiger partial charge in [0.25, 0.3) is 0 Å². The van der Waals surface area contributed by atoms with E-state index in [1.807, 2.05) is 0 Å². The molecule has 5 heteroatoms. The molecule has 0 fully saturated rings. The van der Waals surface area contributed by atoms with Crippen molar-refractivity contribution >= 4 is 19.9 Å². The van der Waals surface area contributed by atoms with Crippen LogP contribution >= 0.6 is 11.6 Å². The average molecular weight is 304 g/mol. The Balaban J connectivity index is 2.70. The minimum Gasteiger partial charge on any atom is -0.402 e. The summed E-state index contributed by atoms with van der Waals surface area (Å²) in [5, 5.41) is 0.238. The highest BCUT2D eigenvalue weighted by Crippen LogP contribution is 2.37. The van der Waals surface area contributed by atoms with E-state index in [1.165, 1.54) is 6.07 Å². The number of halogens is 2. The van der Waals surface area contributed by atoms with Crippen molar-refractivity contribution in [1.29, 1.82) is 0 Å². The van der Waals surface area contributed by atoms with Crippen LogP contribution in [-0.2, 0) is 10.8 Å². The van der Waals surface area contributed by atoms with Gasteiger partial charge >= 0.3 is 0 Å². The van der Waals surface area contributed by atoms with E-state index in [4.69, 9.17) is 21.8 Å². The van der Waals surface area contributed by atoms with Crippen molar-refractivity contribution < 1.29 is 8.82 Å². The third-order valence-corrected chi connectivity index (χ3v) is 8.47. The summed E-state index contributed by atoms with van der Waals surface area (Å²) in [5.41, 5.74) is 6.94. The Kier molecular flexibility index (Phi) is 5.18. The maximum atomic E-state index is 13.1. The lowest BCUT2D eigenvalue weighted by Crippen LogP contribution is -2.47. The fraction of sp³-hybridized carbons (Fsp3) is 0.571. The summed E-state index contributed by atoms with van der Waals surface area (Å²) in [6.45, 7) is 10.8. The van der Waals surface area contributed by atoms with Gasteiger partial charge in [0.1, 0.15) is 5.82 Å². The Bertz CT molecular complexity index is 446. The predicted octanol–water partition coefficient (Wildman–Crippen LogP) is 4.33. The van der Waals surface area contributed by atoms with E-state index in [1.54, 1.807) is 12.1 Å². The Labute approximate surface area is 121 Å². The van der Waals surface area contributed by atoms with E-state index in [0.717, 1.165) is 5.56 Å². The van der Waals surface area contributed by atoms with Crippen LogP contribution in [0.2, 0.25) is 23.2 Å². The summed E-state index contributed by atoms with van der Waals surface area (Å²) < 4.78 is 19.1. The van der Waals surface area contributed by atoms with Gasteiger partial charge in [-0.1, -0.05) is 38.4 Å². The lowest BCUT2D eigenvalue weighted by molar-refractivity contribution is 0.188. The molecule has 0 amide bonds. The van der Waals surface area contributed by atoms with E-state index < -0.39 is 14.1 Å². The predicted molar refractivity (Wildman–Crippen MR) is 81.4 cm³/mol. The van der Waals surface area contributed by atoms with E-state index in [2.05, 4.69) is 33.9 Å². The van der Waals surface area contributed by atoms with E-state index in [-0.39, 0.29) is 16.3 Å². The van der Waals surface area contributed by atoms with Crippen molar-refractivity contribution in [2.45, 2.75) is 51.6 Å². The minimum atomic E-state index is -1.88. The van der Waals surface area contributed by atoms with Crippen molar-refractivity contribution in [2.75, 3.05) is 0 Å². The van der Waals surface area contributed by atoms with Crippen LogP contribution in [0.1, 0.15) is 26.3 Å². The van der Waals surface area contributed by atoms with Gasteiger partial charge in [-0.15, -0.1) is 0 Å². The van der Waals surface area contributed by atoms with E-state index >= 15 is 0 Å². The molecule has 0 aliphatic carbocycles. The number of hydrogen-bond acceptors (Lipinski definition) is 2. The summed E-state index contributed by atoms with van der Waals surface area (Å²) >= 11 is 5.76. The summed E-state index contributed by atoms with van der Waals surface area (Å²) in [4.78, 5) is 0. The third-order valence-electron chi connectivity index (χ3n) is 3.67. The minimum absolute atomic E-state index is 0.116. The zero-order valence-electron chi connectivity index (χ0n) is 12.3. The summed E-state index contributed by atoms with van der Waals surface area (Å²) in [7, 11) is -1.88. The van der Waals surface area contributed by atoms with Gasteiger partial charge in [-0.25, -0.2) is 4.39 Å². The number of rotatable bonds is 4. The van der Waals surface area contributed by atoms with Crippen LogP contribution in [0.25, 0.3) is 0 Å². The Hall–Kier alpha value is -0.423. The quantitative estimate of drug-likeness (QED) is 0.664. The first kappa shape index (κ1) is 16.6. The van der Waals surface area contributed by atoms with Crippen molar-refractivity contribution in [3.05, 3.63) is 34.6 Å². The maximum absolute atomic E-state index is 13.1. The van der Waals surface area contributed by atoms with Gasteiger partial charge in [0.15, 0.2) is 8.32 Å². The van der Waals surface area contributed by atoms with Crippen LogP contribution in [0, 0.1) is 5.82 Å². The van der Waals surface area contributed by atoms with Crippen molar-refractivity contribution in [3.8, 4) is 0 Å². The average Bonchev–Trinajstić information content (AvgIpc) is 2.21. The Morgan fingerprint density at radius 3 is 2.42 bits per heavy atom. The second-order valence-corrected chi connectivity index (χ2v) is 11.5. The molecular weight excluding hydrogens is 281 g/mol. The van der Waals surface area contributed by atoms with Crippen molar-refractivity contribution in [3.63, 3.8) is 0 Å². The summed E-state index contributed by atoms with van der Waals surface area (Å²) in [6.07, 6.45) is 0.148. The zero-order valence-corrected chi connectivity index (χ0v) is 14.0. The number of nitrogens with two attached hydrogens (primary N) is 1. The normalized spacial score (nSPS) is 14.5. The molecule has 1 rings (SSSR count). The van der Waals surface area contributed by atoms with Gasteiger partial charge in [0, 0.05) is 6.42 Å². The second-order valence-electron chi connectivity index (χ2n) is 6.37. The zero-order chi connectivity index (χ0) is 14.8. The molecule has 0 aliphatic rings. The molecule has 1 aromatic carbocycles. The first-order chi connectivity index (χ1) is 8.53. The third kappa shape index (κ3) is 4.56. The van der Waals surface area contributed by atoms with Crippen molar-refractivity contribution in [1.82, 2.24) is 0 Å². The fourth-order valence-corrected chi connectivity index (χ4v) is 2.89. The van der Waals surface area contributed by atoms with E-state index in [9.17, 15) is 4.39 Å². The molecule has 0 radical (unpaired) electrons. The topological polar surface area (TPSA) is 35.2 Å². The van der Waals surface area contributed by atoms with Gasteiger partial charge in [-0.05, 0) is 35.8 Å². The fourth-order valence-electron chi connectivity index (χ4n) is 1.50. The smallest absolute Gasteiger partial charge is 0.194 e. The lowest BCUT2D eigenvalue weighted by atomic mass is 10.1. The molecule has 2 nitrogen and oxygen atoms in total. The molecule has 0 saturated heterocycles. The van der Waals surface area contributed by atoms with E-state index in [0.29, 0.717) is 6.42 Å². The van der Waals surface area contributed by atoms with Gasteiger partial charge in [0.05, 0.1) is 11.3 Å². The van der Waals surface area contributed by atoms with Crippen LogP contribution in [-0.4, -0.2) is 14.5 Å². The first-order valence-corrected chi connectivity index (χ1v) is 9.69. The van der Waals surface area contributed by atoms with Gasteiger partial charge in [-0.3, -0.25) is 0 Å². The molecule has 0 aromatic heterocycles. The maximum Gasteiger partial charge on any atom is 0.194 e. The van der Waals surface area contributed by atoms with Crippen molar-refractivity contribution in [2.24, 2.45) is 5.73 Å². The lowest BCUT2D eigenvalue weighted by Gasteiger charge is -2.38. The Morgan fingerprint density at radius 1 is 1.37 bits per heavy atom. The van der Waals surface area contributed by atoms with Gasteiger partial charge in [0.2, 0.25) is 0 Å². The molecule has 0 spiro atoms. The second kappa shape index (κ2) is 5.91. The van der Waals surface area contributed by atoms with Gasteiger partial charge < -0.3 is 10.2 Å².